The molecule has 1 aromatic heterocycles. The van der Waals surface area contributed by atoms with Crippen LogP contribution in [0.3, 0.4) is 0 Å². The number of anilines is 1. The third kappa shape index (κ3) is 29.3. The molecule has 1 aliphatic heterocycles. The van der Waals surface area contributed by atoms with E-state index in [1.54, 1.807) is 6.08 Å². The predicted molar refractivity (Wildman–Crippen MR) is 267 cm³/mol. The van der Waals surface area contributed by atoms with E-state index in [0.717, 1.165) is 74.5 Å². The molecule has 0 radical (unpaired) electrons. The van der Waals surface area contributed by atoms with Crippen LogP contribution in [0, 0.1) is 5.92 Å². The number of aliphatic hydroxyl groups is 3. The van der Waals surface area contributed by atoms with Crippen molar-refractivity contribution >= 4 is 33.4 Å². The second-order valence-electron chi connectivity index (χ2n) is 17.8. The van der Waals surface area contributed by atoms with Crippen molar-refractivity contribution in [2.45, 2.75) is 199 Å². The Morgan fingerprint density at radius 1 is 0.800 bits per heavy atom. The Balaban J connectivity index is 1.84. The lowest BCUT2D eigenvalue weighted by atomic mass is 9.99. The first-order valence-corrected chi connectivity index (χ1v) is 28.1. The third-order valence-electron chi connectivity index (χ3n) is 11.6. The van der Waals surface area contributed by atoms with Gasteiger partial charge in [0.15, 0.2) is 12.3 Å². The molecule has 0 amide bonds. The number of nitrogen functional groups attached to an aromatic ring is 1. The third-order valence-corrected chi connectivity index (χ3v) is 14.2. The van der Waals surface area contributed by atoms with E-state index in [9.17, 15) is 48.6 Å². The Hall–Kier alpha value is -3.32. The molecule has 1 fully saturated rings. The van der Waals surface area contributed by atoms with Crippen molar-refractivity contribution in [1.29, 1.82) is 0 Å². The van der Waals surface area contributed by atoms with Gasteiger partial charge in [-0.15, -0.1) is 0 Å². The summed E-state index contributed by atoms with van der Waals surface area (Å²) >= 11 is 0. The number of phosphoric ester groups is 2. The van der Waals surface area contributed by atoms with E-state index >= 15 is 0 Å². The Labute approximate surface area is 414 Å². The highest BCUT2D eigenvalue weighted by Crippen LogP contribution is 2.60. The van der Waals surface area contributed by atoms with Crippen LogP contribution in [0.4, 0.5) is 5.82 Å². The van der Waals surface area contributed by atoms with Gasteiger partial charge in [-0.3, -0.25) is 23.2 Å². The van der Waals surface area contributed by atoms with E-state index in [1.165, 1.54) is 51.0 Å². The number of carbonyl (C=O) groups is 2. The summed E-state index contributed by atoms with van der Waals surface area (Å²) < 4.78 is 56.7. The minimum atomic E-state index is -5.44. The monoisotopic (exact) mass is 1030 g/mol. The second-order valence-corrected chi connectivity index (χ2v) is 20.8. The number of esters is 2. The number of phosphoric acid groups is 2. The van der Waals surface area contributed by atoms with Gasteiger partial charge in [0.25, 0.3) is 0 Å². The molecule has 2 heterocycles. The molecule has 1 saturated heterocycles. The molecule has 1 aliphatic rings. The highest BCUT2D eigenvalue weighted by molar-refractivity contribution is 7.61. The van der Waals surface area contributed by atoms with Crippen LogP contribution in [-0.2, 0) is 46.3 Å². The van der Waals surface area contributed by atoms with Gasteiger partial charge in [0.2, 0.25) is 0 Å². The Morgan fingerprint density at radius 2 is 1.41 bits per heavy atom. The van der Waals surface area contributed by atoms with Gasteiger partial charge in [-0.1, -0.05) is 159 Å². The standard InChI is InChI=1S/C49H83N3O16P2/c1-4-6-24-30-40(53)31-26-21-17-13-8-7-9-14-18-22-27-32-44(54)63-36-41(66-45(55)33-28-23-19-15-11-10-12-16-20-25-29-39(3)5-2)37-64-69(59,60)68-70(61,62)65-38-42-46(56)47(57)48(67-42)52-35-34-43(50)51-49(52)58/h7-8,14,17-18,21,26,31,34-35,39-42,46-48,53,56-57H,4-6,9-13,15-16,19-20,22-25,27-30,32-33,36-38H2,1-3H3,(H,59,60)(H,61,62)(H2,50,51,58)/b8-7-,18-14-,21-17-,31-26+/t39?,40-,41-,42-,46-,47-,48-/m1/s1. The maximum absolute atomic E-state index is 12.8. The second kappa shape index (κ2) is 36.6. The van der Waals surface area contributed by atoms with E-state index in [-0.39, 0.29) is 18.7 Å². The molecule has 3 unspecified atom stereocenters. The van der Waals surface area contributed by atoms with Crippen molar-refractivity contribution in [3.63, 3.8) is 0 Å². The van der Waals surface area contributed by atoms with Crippen molar-refractivity contribution in [2.75, 3.05) is 25.6 Å². The summed E-state index contributed by atoms with van der Waals surface area (Å²) in [5, 5.41) is 30.8. The van der Waals surface area contributed by atoms with Crippen LogP contribution in [0.1, 0.15) is 168 Å². The zero-order valence-corrected chi connectivity index (χ0v) is 43.4. The largest absolute Gasteiger partial charge is 0.481 e. The maximum Gasteiger partial charge on any atom is 0.481 e. The molecule has 19 nitrogen and oxygen atoms in total. The van der Waals surface area contributed by atoms with E-state index < -0.39 is 89.8 Å². The van der Waals surface area contributed by atoms with Crippen LogP contribution in [0.15, 0.2) is 65.7 Å². The van der Waals surface area contributed by atoms with E-state index in [2.05, 4.69) is 30.1 Å². The van der Waals surface area contributed by atoms with Gasteiger partial charge in [0.05, 0.1) is 19.3 Å². The van der Waals surface area contributed by atoms with Crippen LogP contribution in [0.2, 0.25) is 0 Å². The van der Waals surface area contributed by atoms with Crippen molar-refractivity contribution in [2.24, 2.45) is 5.92 Å². The molecule has 0 aliphatic carbocycles. The van der Waals surface area contributed by atoms with Gasteiger partial charge in [0, 0.05) is 19.0 Å². The molecule has 21 heteroatoms. The first kappa shape index (κ1) is 62.8. The summed E-state index contributed by atoms with van der Waals surface area (Å²) in [4.78, 5) is 61.8. The molecule has 400 valence electrons. The minimum Gasteiger partial charge on any atom is -0.462 e. The normalized spacial score (nSPS) is 20.6. The van der Waals surface area contributed by atoms with Crippen molar-refractivity contribution in [3.05, 3.63) is 71.4 Å². The summed E-state index contributed by atoms with van der Waals surface area (Å²) in [6.07, 6.45) is 28.2. The first-order valence-electron chi connectivity index (χ1n) is 25.2. The first-order chi connectivity index (χ1) is 33.5. The van der Waals surface area contributed by atoms with Crippen LogP contribution in [0.5, 0.6) is 0 Å². The number of hydrogen-bond acceptors (Lipinski definition) is 16. The van der Waals surface area contributed by atoms with Crippen LogP contribution >= 0.6 is 15.6 Å². The molecule has 0 bridgehead atoms. The number of nitrogens with zero attached hydrogens (tertiary/aromatic N) is 2. The summed E-state index contributed by atoms with van der Waals surface area (Å²) in [6.45, 7) is 4.28. The lowest BCUT2D eigenvalue weighted by Crippen LogP contribution is -2.36. The number of allylic oxidation sites excluding steroid dienone is 7. The van der Waals surface area contributed by atoms with E-state index in [4.69, 9.17) is 29.0 Å². The van der Waals surface area contributed by atoms with E-state index in [1.807, 2.05) is 42.5 Å². The predicted octanol–water partition coefficient (Wildman–Crippen LogP) is 8.99. The highest BCUT2D eigenvalue weighted by atomic mass is 31.3. The molecule has 0 saturated carbocycles. The lowest BCUT2D eigenvalue weighted by molar-refractivity contribution is -0.161. The van der Waals surface area contributed by atoms with Crippen LogP contribution in [0.25, 0.3) is 0 Å². The number of aromatic nitrogens is 2. The lowest BCUT2D eigenvalue weighted by Gasteiger charge is -2.21. The number of rotatable bonds is 40. The van der Waals surface area contributed by atoms with Crippen LogP contribution in [-0.4, -0.2) is 96.9 Å². The Bertz CT molecular complexity index is 1890. The fourth-order valence-electron chi connectivity index (χ4n) is 7.22. The smallest absolute Gasteiger partial charge is 0.462 e. The molecule has 9 atom stereocenters. The zero-order chi connectivity index (χ0) is 51.6. The minimum absolute atomic E-state index is 0.0293. The average molecular weight is 1030 g/mol. The Kier molecular flexibility index (Phi) is 32.8. The van der Waals surface area contributed by atoms with Gasteiger partial charge in [-0.05, 0) is 50.5 Å². The summed E-state index contributed by atoms with van der Waals surface area (Å²) in [5.41, 5.74) is 4.58. The molecule has 0 aromatic carbocycles. The number of ether oxygens (including phenoxy) is 3. The molecular formula is C49H83N3O16P2. The average Bonchev–Trinajstić information content (AvgIpc) is 3.59. The molecule has 7 N–H and O–H groups in total. The molecule has 70 heavy (non-hydrogen) atoms. The van der Waals surface area contributed by atoms with Gasteiger partial charge < -0.3 is 45.1 Å². The number of carbonyl (C=O) groups excluding carboxylic acids is 2. The van der Waals surface area contributed by atoms with Gasteiger partial charge in [-0.25, -0.2) is 13.9 Å². The van der Waals surface area contributed by atoms with E-state index in [0.29, 0.717) is 25.7 Å². The number of hydrogen-bond donors (Lipinski definition) is 6. The number of aliphatic hydroxyl groups excluding tert-OH is 3. The quantitative estimate of drug-likeness (QED) is 0.0117. The van der Waals surface area contributed by atoms with Crippen LogP contribution < -0.4 is 11.4 Å². The van der Waals surface area contributed by atoms with Gasteiger partial charge >= 0.3 is 33.3 Å². The highest BCUT2D eigenvalue weighted by Gasteiger charge is 2.46. The molecule has 0 spiro atoms. The Morgan fingerprint density at radius 3 is 2.09 bits per heavy atom. The maximum atomic E-state index is 12.8. The summed E-state index contributed by atoms with van der Waals surface area (Å²) in [5.74, 6) is -0.603. The van der Waals surface area contributed by atoms with Crippen molar-refractivity contribution in [3.8, 4) is 0 Å². The van der Waals surface area contributed by atoms with Crippen molar-refractivity contribution < 1.29 is 71.4 Å². The zero-order valence-electron chi connectivity index (χ0n) is 41.6. The molecule has 1 aromatic rings. The molecular weight excluding hydrogens is 948 g/mol. The number of unbranched alkanes of at least 4 members (excludes halogenated alkanes) is 12. The summed E-state index contributed by atoms with van der Waals surface area (Å²) in [7, 11) is -10.9. The van der Waals surface area contributed by atoms with Gasteiger partial charge in [0.1, 0.15) is 30.7 Å². The van der Waals surface area contributed by atoms with Crippen molar-refractivity contribution in [1.82, 2.24) is 9.55 Å². The fourth-order valence-corrected chi connectivity index (χ4v) is 9.33. The topological polar surface area (TPSA) is 286 Å². The number of nitrogens with two attached hydrogens (primary N) is 1. The fraction of sp³-hybridized carbons (Fsp3) is 0.714. The van der Waals surface area contributed by atoms with Gasteiger partial charge in [-0.2, -0.15) is 9.29 Å². The molecule has 2 rings (SSSR count). The SMILES string of the molecule is CCCCC[C@@H](O)/C=C/C=C\C/C=C\C/C=C\CCCC(=O)OC[C@H](COP(=O)(O)OP(=O)(O)OC[C@H]1O[C@@H](n2ccc(N)nc2=O)[C@H](O)[C@@H]1O)OC(=O)CCCCCCCCCCCCC(C)CC. The summed E-state index contributed by atoms with van der Waals surface area (Å²) in [6, 6.07) is 1.24.